The summed E-state index contributed by atoms with van der Waals surface area (Å²) >= 11 is 3.17. The largest absolute Gasteiger partial charge is 0.508 e. The first-order chi connectivity index (χ1) is 10.1. The third-order valence-corrected chi connectivity index (χ3v) is 3.73. The van der Waals surface area contributed by atoms with Crippen molar-refractivity contribution in [2.45, 2.75) is 13.0 Å². The van der Waals surface area contributed by atoms with Crippen molar-refractivity contribution >= 4 is 21.6 Å². The highest BCUT2D eigenvalue weighted by Gasteiger charge is 2.11. The summed E-state index contributed by atoms with van der Waals surface area (Å²) in [6.07, 6.45) is 0.832. The molecule has 2 aromatic rings. The van der Waals surface area contributed by atoms with E-state index in [2.05, 4.69) is 21.2 Å². The number of phenols is 1. The van der Waals surface area contributed by atoms with E-state index in [0.29, 0.717) is 11.0 Å². The lowest BCUT2D eigenvalue weighted by atomic mass is 10.1. The quantitative estimate of drug-likeness (QED) is 0.475. The van der Waals surface area contributed by atoms with Crippen LogP contribution in [0.4, 0.5) is 5.69 Å². The first-order valence-electron chi connectivity index (χ1n) is 6.47. The number of nitro benzene ring substituents is 1. The molecule has 0 aromatic heterocycles. The predicted molar refractivity (Wildman–Crippen MR) is 84.3 cm³/mol. The van der Waals surface area contributed by atoms with E-state index in [-0.39, 0.29) is 11.4 Å². The summed E-state index contributed by atoms with van der Waals surface area (Å²) < 4.78 is 0.486. The van der Waals surface area contributed by atoms with E-state index < -0.39 is 4.92 Å². The van der Waals surface area contributed by atoms with Gasteiger partial charge in [0.05, 0.1) is 9.40 Å². The zero-order valence-electron chi connectivity index (χ0n) is 11.3. The molecule has 2 aromatic carbocycles. The number of halogens is 1. The zero-order chi connectivity index (χ0) is 15.2. The normalized spacial score (nSPS) is 10.5. The van der Waals surface area contributed by atoms with Crippen LogP contribution in [0.1, 0.15) is 11.1 Å². The summed E-state index contributed by atoms with van der Waals surface area (Å²) in [5, 5.41) is 23.3. The smallest absolute Gasteiger partial charge is 0.283 e. The Labute approximate surface area is 130 Å². The summed E-state index contributed by atoms with van der Waals surface area (Å²) in [6.45, 7) is 1.33. The molecule has 0 heterocycles. The third kappa shape index (κ3) is 4.54. The Balaban J connectivity index is 1.85. The summed E-state index contributed by atoms with van der Waals surface area (Å²) in [5.41, 5.74) is 2.07. The van der Waals surface area contributed by atoms with Crippen LogP contribution in [0, 0.1) is 10.1 Å². The maximum atomic E-state index is 10.9. The number of nitrogens with one attached hydrogen (secondary N) is 1. The average molecular weight is 351 g/mol. The number of rotatable bonds is 6. The molecule has 0 atom stereocenters. The second-order valence-electron chi connectivity index (χ2n) is 4.64. The Kier molecular flexibility index (Phi) is 5.30. The van der Waals surface area contributed by atoms with Crippen molar-refractivity contribution < 1.29 is 10.0 Å². The molecule has 0 spiro atoms. The summed E-state index contributed by atoms with van der Waals surface area (Å²) in [5.74, 6) is 0.258. The van der Waals surface area contributed by atoms with Crippen molar-refractivity contribution in [3.8, 4) is 5.75 Å². The summed E-state index contributed by atoms with van der Waals surface area (Å²) in [6, 6.07) is 12.2. The highest BCUT2D eigenvalue weighted by molar-refractivity contribution is 9.10. The Bertz CT molecular complexity index is 629. The molecular weight excluding hydrogens is 336 g/mol. The van der Waals surface area contributed by atoms with Gasteiger partial charge in [-0.1, -0.05) is 18.2 Å². The van der Waals surface area contributed by atoms with E-state index in [1.165, 1.54) is 0 Å². The number of nitro groups is 1. The predicted octanol–water partition coefficient (Wildman–Crippen LogP) is 3.40. The number of hydrogen-bond donors (Lipinski definition) is 2. The molecule has 0 saturated heterocycles. The van der Waals surface area contributed by atoms with Crippen LogP contribution < -0.4 is 5.32 Å². The van der Waals surface area contributed by atoms with Gasteiger partial charge >= 0.3 is 0 Å². The lowest BCUT2D eigenvalue weighted by Gasteiger charge is -2.06. The van der Waals surface area contributed by atoms with E-state index in [4.69, 9.17) is 0 Å². The molecule has 0 saturated carbocycles. The molecule has 110 valence electrons. The first kappa shape index (κ1) is 15.5. The fourth-order valence-corrected chi connectivity index (χ4v) is 2.33. The molecule has 0 bridgehead atoms. The monoisotopic (exact) mass is 350 g/mol. The van der Waals surface area contributed by atoms with Gasteiger partial charge in [-0.05, 0) is 58.2 Å². The lowest BCUT2D eigenvalue weighted by molar-refractivity contribution is -0.385. The zero-order valence-corrected chi connectivity index (χ0v) is 12.8. The maximum absolute atomic E-state index is 10.9. The van der Waals surface area contributed by atoms with Crippen LogP contribution in [0.3, 0.4) is 0 Å². The van der Waals surface area contributed by atoms with Crippen LogP contribution in [-0.4, -0.2) is 16.6 Å². The molecule has 6 heteroatoms. The number of benzene rings is 2. The van der Waals surface area contributed by atoms with Crippen LogP contribution in [0.15, 0.2) is 46.9 Å². The van der Waals surface area contributed by atoms with Crippen LogP contribution >= 0.6 is 15.9 Å². The first-order valence-corrected chi connectivity index (χ1v) is 7.27. The van der Waals surface area contributed by atoms with Crippen molar-refractivity contribution in [2.75, 3.05) is 6.54 Å². The number of phenolic OH excluding ortho intramolecular Hbond substituents is 1. The van der Waals surface area contributed by atoms with Crippen LogP contribution in [0.5, 0.6) is 5.75 Å². The topological polar surface area (TPSA) is 75.4 Å². The van der Waals surface area contributed by atoms with Gasteiger partial charge in [0.25, 0.3) is 5.69 Å². The Morgan fingerprint density at radius 2 is 1.81 bits per heavy atom. The van der Waals surface area contributed by atoms with Gasteiger partial charge in [0, 0.05) is 12.6 Å². The van der Waals surface area contributed by atoms with Crippen molar-refractivity contribution in [1.82, 2.24) is 5.32 Å². The fraction of sp³-hybridized carbons (Fsp3) is 0.200. The minimum Gasteiger partial charge on any atom is -0.508 e. The third-order valence-electron chi connectivity index (χ3n) is 3.06. The van der Waals surface area contributed by atoms with Crippen LogP contribution in [-0.2, 0) is 13.0 Å². The second-order valence-corrected chi connectivity index (χ2v) is 5.49. The number of nitrogens with zero attached hydrogens (tertiary/aromatic N) is 1. The maximum Gasteiger partial charge on any atom is 0.283 e. The van der Waals surface area contributed by atoms with Gasteiger partial charge in [-0.2, -0.15) is 0 Å². The Morgan fingerprint density at radius 1 is 1.14 bits per heavy atom. The molecular formula is C15H15BrN2O3. The van der Waals surface area contributed by atoms with Gasteiger partial charge in [0.15, 0.2) is 0 Å². The molecule has 0 aliphatic heterocycles. The number of aromatic hydroxyl groups is 1. The van der Waals surface area contributed by atoms with Gasteiger partial charge in [-0.25, -0.2) is 0 Å². The molecule has 0 amide bonds. The summed E-state index contributed by atoms with van der Waals surface area (Å²) in [7, 11) is 0. The molecule has 2 N–H and O–H groups in total. The standard InChI is InChI=1S/C15H15BrN2O3/c16-14-6-3-12(9-15(14)18(20)21)10-17-8-7-11-1-4-13(19)5-2-11/h1-6,9,17,19H,7-8,10H2. The van der Waals surface area contributed by atoms with Gasteiger partial charge < -0.3 is 10.4 Å². The molecule has 0 aliphatic rings. The van der Waals surface area contributed by atoms with Crippen LogP contribution in [0.2, 0.25) is 0 Å². The van der Waals surface area contributed by atoms with E-state index >= 15 is 0 Å². The van der Waals surface area contributed by atoms with E-state index in [0.717, 1.165) is 24.1 Å². The Morgan fingerprint density at radius 3 is 2.48 bits per heavy atom. The molecule has 21 heavy (non-hydrogen) atoms. The summed E-state index contributed by atoms with van der Waals surface area (Å²) in [4.78, 5) is 10.5. The van der Waals surface area contributed by atoms with Crippen molar-refractivity contribution in [3.05, 3.63) is 68.2 Å². The minimum atomic E-state index is -0.399. The molecule has 0 unspecified atom stereocenters. The van der Waals surface area contributed by atoms with E-state index in [9.17, 15) is 15.2 Å². The van der Waals surface area contributed by atoms with E-state index in [1.807, 2.05) is 18.2 Å². The van der Waals surface area contributed by atoms with E-state index in [1.54, 1.807) is 24.3 Å². The van der Waals surface area contributed by atoms with Crippen molar-refractivity contribution in [1.29, 1.82) is 0 Å². The lowest BCUT2D eigenvalue weighted by Crippen LogP contribution is -2.16. The van der Waals surface area contributed by atoms with Crippen LogP contribution in [0.25, 0.3) is 0 Å². The minimum absolute atomic E-state index is 0.0767. The van der Waals surface area contributed by atoms with Crippen molar-refractivity contribution in [3.63, 3.8) is 0 Å². The molecule has 2 rings (SSSR count). The molecule has 0 radical (unpaired) electrons. The fourth-order valence-electron chi connectivity index (χ4n) is 1.94. The van der Waals surface area contributed by atoms with Crippen molar-refractivity contribution in [2.24, 2.45) is 0 Å². The Hall–Kier alpha value is -1.92. The van der Waals surface area contributed by atoms with Gasteiger partial charge in [0.2, 0.25) is 0 Å². The highest BCUT2D eigenvalue weighted by Crippen LogP contribution is 2.25. The van der Waals surface area contributed by atoms with Gasteiger partial charge in [-0.15, -0.1) is 0 Å². The highest BCUT2D eigenvalue weighted by atomic mass is 79.9. The van der Waals surface area contributed by atoms with Gasteiger partial charge in [-0.3, -0.25) is 10.1 Å². The molecule has 0 fully saturated rings. The molecule has 0 aliphatic carbocycles. The molecule has 5 nitrogen and oxygen atoms in total. The SMILES string of the molecule is O=[N+]([O-])c1cc(CNCCc2ccc(O)cc2)ccc1Br. The van der Waals surface area contributed by atoms with Gasteiger partial charge in [0.1, 0.15) is 5.75 Å². The second kappa shape index (κ2) is 7.19. The number of hydrogen-bond acceptors (Lipinski definition) is 4. The average Bonchev–Trinajstić information content (AvgIpc) is 2.46.